The zero-order chi connectivity index (χ0) is 37.2. The fraction of sp³-hybridized carbons (Fsp3) is 0.639. The van der Waals surface area contributed by atoms with E-state index < -0.39 is 84.8 Å². The van der Waals surface area contributed by atoms with Gasteiger partial charge in [-0.3, -0.25) is 33.6 Å². The smallest absolute Gasteiger partial charge is 0.246 e. The number of carbonyl (C=O) groups is 7. The predicted octanol–water partition coefficient (Wildman–Crippen LogP) is -0.635. The number of hydrogen-bond donors (Lipinski definition) is 6. The molecule has 0 bridgehead atoms. The summed E-state index contributed by atoms with van der Waals surface area (Å²) in [6, 6.07) is 2.62. The van der Waals surface area contributed by atoms with Gasteiger partial charge in [0.2, 0.25) is 41.4 Å². The number of fused-ring (bicyclic) bond motifs is 2. The monoisotopic (exact) mass is 711 g/mol. The van der Waals surface area contributed by atoms with Crippen LogP contribution in [0.3, 0.4) is 0 Å². The SMILES string of the molecule is CC[C@H](C)[C@@H]1NC(=O)[C@@H]2CCCN2C(=O)[C@@H]2CCCN2C(=O)[C@@H](CC(C)C)NC(=O)[C@H](CO)NC(=O)CNC(=O)[C@H](Cc2ccccc2)NC1=O. The largest absolute Gasteiger partial charge is 0.394 e. The lowest BCUT2D eigenvalue weighted by atomic mass is 9.96. The highest BCUT2D eigenvalue weighted by Gasteiger charge is 2.44. The van der Waals surface area contributed by atoms with E-state index in [4.69, 9.17) is 0 Å². The molecular formula is C36H53N7O8. The van der Waals surface area contributed by atoms with E-state index in [0.717, 1.165) is 5.56 Å². The second kappa shape index (κ2) is 18.1. The summed E-state index contributed by atoms with van der Waals surface area (Å²) in [6.07, 6.45) is 2.71. The van der Waals surface area contributed by atoms with Crippen molar-refractivity contribution in [3.05, 3.63) is 35.9 Å². The zero-order valence-electron chi connectivity index (χ0n) is 30.0. The van der Waals surface area contributed by atoms with Crippen LogP contribution in [-0.2, 0) is 40.0 Å². The van der Waals surface area contributed by atoms with Crippen LogP contribution in [0.15, 0.2) is 30.3 Å². The van der Waals surface area contributed by atoms with Gasteiger partial charge in [0.15, 0.2) is 0 Å². The molecule has 1 aromatic carbocycles. The Kier molecular flexibility index (Phi) is 13.9. The van der Waals surface area contributed by atoms with Crippen molar-refractivity contribution in [1.29, 1.82) is 0 Å². The number of aliphatic hydroxyl groups is 1. The highest BCUT2D eigenvalue weighted by molar-refractivity contribution is 5.98. The number of nitrogens with one attached hydrogen (secondary N) is 5. The van der Waals surface area contributed by atoms with Crippen LogP contribution >= 0.6 is 0 Å². The van der Waals surface area contributed by atoms with Gasteiger partial charge in [0.1, 0.15) is 36.3 Å². The average Bonchev–Trinajstić information content (AvgIpc) is 3.81. The first-order valence-electron chi connectivity index (χ1n) is 18.1. The van der Waals surface area contributed by atoms with Crippen molar-refractivity contribution in [3.63, 3.8) is 0 Å². The van der Waals surface area contributed by atoms with Crippen molar-refractivity contribution in [2.45, 2.75) is 109 Å². The van der Waals surface area contributed by atoms with Gasteiger partial charge in [-0.2, -0.15) is 0 Å². The fourth-order valence-corrected chi connectivity index (χ4v) is 6.95. The molecule has 280 valence electrons. The van der Waals surface area contributed by atoms with E-state index in [1.165, 1.54) is 9.80 Å². The van der Waals surface area contributed by atoms with Crippen molar-refractivity contribution in [2.75, 3.05) is 26.2 Å². The second-order valence-corrected chi connectivity index (χ2v) is 14.2. The number of benzene rings is 1. The second-order valence-electron chi connectivity index (χ2n) is 14.2. The number of hydrogen-bond acceptors (Lipinski definition) is 8. The Morgan fingerprint density at radius 1 is 0.725 bits per heavy atom. The summed E-state index contributed by atoms with van der Waals surface area (Å²) in [4.78, 5) is 98.5. The summed E-state index contributed by atoms with van der Waals surface area (Å²) in [5.41, 5.74) is 0.737. The van der Waals surface area contributed by atoms with Crippen molar-refractivity contribution in [1.82, 2.24) is 36.4 Å². The van der Waals surface area contributed by atoms with Crippen molar-refractivity contribution in [2.24, 2.45) is 11.8 Å². The van der Waals surface area contributed by atoms with Gasteiger partial charge in [0.25, 0.3) is 0 Å². The number of amides is 7. The molecule has 3 aliphatic heterocycles. The standard InChI is InChI=1S/C36H53N7O8/c1-5-22(4)30-34(49)39-24(18-23-11-7-6-8-12-23)31(46)37-19-29(45)38-26(20-44)32(47)40-25(17-21(2)3)35(50)43-16-10-14-28(43)36(51)42-15-9-13-27(42)33(48)41-30/h6-8,11-12,21-22,24-28,30,44H,5,9-10,13-20H2,1-4H3,(H,37,46)(H,38,45)(H,39,49)(H,40,47)(H,41,48)/t22-,24-,25+,26-,27-,28-,30-/m0/s1. The Labute approximate surface area is 299 Å². The summed E-state index contributed by atoms with van der Waals surface area (Å²) in [7, 11) is 0. The summed E-state index contributed by atoms with van der Waals surface area (Å²) >= 11 is 0. The summed E-state index contributed by atoms with van der Waals surface area (Å²) < 4.78 is 0. The maximum absolute atomic E-state index is 14.1. The topological polar surface area (TPSA) is 206 Å². The minimum Gasteiger partial charge on any atom is -0.394 e. The lowest BCUT2D eigenvalue weighted by Gasteiger charge is -2.34. The molecule has 0 aromatic heterocycles. The molecule has 15 heteroatoms. The third-order valence-corrected chi connectivity index (χ3v) is 9.95. The molecule has 0 unspecified atom stereocenters. The predicted molar refractivity (Wildman–Crippen MR) is 186 cm³/mol. The highest BCUT2D eigenvalue weighted by Crippen LogP contribution is 2.27. The molecule has 7 amide bonds. The molecule has 7 atom stereocenters. The zero-order valence-corrected chi connectivity index (χ0v) is 30.0. The van der Waals surface area contributed by atoms with Crippen LogP contribution in [0.25, 0.3) is 0 Å². The molecule has 3 aliphatic rings. The van der Waals surface area contributed by atoms with Crippen molar-refractivity contribution >= 4 is 41.4 Å². The molecular weight excluding hydrogens is 658 g/mol. The Morgan fingerprint density at radius 3 is 1.98 bits per heavy atom. The van der Waals surface area contributed by atoms with Crippen molar-refractivity contribution in [3.8, 4) is 0 Å². The molecule has 3 saturated heterocycles. The van der Waals surface area contributed by atoms with E-state index >= 15 is 0 Å². The Hall–Kier alpha value is -4.53. The quantitative estimate of drug-likeness (QED) is 0.214. The fourth-order valence-electron chi connectivity index (χ4n) is 6.95. The van der Waals surface area contributed by atoms with Gasteiger partial charge in [-0.25, -0.2) is 0 Å². The molecule has 4 rings (SSSR count). The number of aliphatic hydroxyl groups excluding tert-OH is 1. The van der Waals surface area contributed by atoms with E-state index in [9.17, 15) is 38.7 Å². The number of rotatable bonds is 7. The van der Waals surface area contributed by atoms with Crippen LogP contribution < -0.4 is 26.6 Å². The Bertz CT molecular complexity index is 1440. The van der Waals surface area contributed by atoms with Gasteiger partial charge < -0.3 is 41.5 Å². The third kappa shape index (κ3) is 10.0. The van der Waals surface area contributed by atoms with Crippen LogP contribution in [0.4, 0.5) is 0 Å². The van der Waals surface area contributed by atoms with E-state index in [1.807, 2.05) is 33.8 Å². The van der Waals surface area contributed by atoms with Crippen LogP contribution in [0.2, 0.25) is 0 Å². The summed E-state index contributed by atoms with van der Waals surface area (Å²) in [5, 5.41) is 23.3. The summed E-state index contributed by atoms with van der Waals surface area (Å²) in [6.45, 7) is 6.68. The van der Waals surface area contributed by atoms with Gasteiger partial charge in [-0.1, -0.05) is 64.4 Å². The first kappa shape index (κ1) is 39.3. The molecule has 15 nitrogen and oxygen atoms in total. The number of nitrogens with zero attached hydrogens (tertiary/aromatic N) is 2. The first-order chi connectivity index (χ1) is 24.3. The van der Waals surface area contributed by atoms with Gasteiger partial charge in [0, 0.05) is 19.5 Å². The maximum Gasteiger partial charge on any atom is 0.246 e. The van der Waals surface area contributed by atoms with Crippen molar-refractivity contribution < 1.29 is 38.7 Å². The molecule has 6 N–H and O–H groups in total. The van der Waals surface area contributed by atoms with Crippen LogP contribution in [-0.4, -0.2) is 119 Å². The first-order valence-corrected chi connectivity index (χ1v) is 18.1. The lowest BCUT2D eigenvalue weighted by Crippen LogP contribution is -2.60. The molecule has 0 radical (unpaired) electrons. The van der Waals surface area contributed by atoms with E-state index in [-0.39, 0.29) is 37.1 Å². The van der Waals surface area contributed by atoms with E-state index in [1.54, 1.807) is 24.3 Å². The van der Waals surface area contributed by atoms with Crippen LogP contribution in [0.5, 0.6) is 0 Å². The normalized spacial score (nSPS) is 28.2. The van der Waals surface area contributed by atoms with Crippen LogP contribution in [0.1, 0.15) is 71.8 Å². The molecule has 3 fully saturated rings. The third-order valence-electron chi connectivity index (χ3n) is 9.95. The summed E-state index contributed by atoms with van der Waals surface area (Å²) in [5.74, 6) is -4.56. The molecule has 0 aliphatic carbocycles. The minimum atomic E-state index is -1.43. The highest BCUT2D eigenvalue weighted by atomic mass is 16.3. The van der Waals surface area contributed by atoms with Gasteiger partial charge >= 0.3 is 0 Å². The average molecular weight is 712 g/mol. The van der Waals surface area contributed by atoms with Crippen LogP contribution in [0, 0.1) is 11.8 Å². The van der Waals surface area contributed by atoms with Gasteiger partial charge in [-0.15, -0.1) is 0 Å². The Morgan fingerprint density at radius 2 is 1.35 bits per heavy atom. The molecule has 51 heavy (non-hydrogen) atoms. The van der Waals surface area contributed by atoms with Gasteiger partial charge in [0.05, 0.1) is 13.2 Å². The molecule has 1 aromatic rings. The Balaban J connectivity index is 1.69. The van der Waals surface area contributed by atoms with E-state index in [2.05, 4.69) is 26.6 Å². The number of carbonyl (C=O) groups excluding carboxylic acids is 7. The molecule has 3 heterocycles. The minimum absolute atomic E-state index is 0.0341. The van der Waals surface area contributed by atoms with Gasteiger partial charge in [-0.05, 0) is 49.5 Å². The molecule has 0 saturated carbocycles. The maximum atomic E-state index is 14.1. The lowest BCUT2D eigenvalue weighted by molar-refractivity contribution is -0.148. The van der Waals surface area contributed by atoms with E-state index in [0.29, 0.717) is 38.6 Å². The molecule has 0 spiro atoms.